The molecule has 4 atom stereocenters. The molecular formula is C73H113N15. The Labute approximate surface area is 534 Å². The van der Waals surface area contributed by atoms with Crippen molar-refractivity contribution in [2.75, 3.05) is 67.4 Å². The summed E-state index contributed by atoms with van der Waals surface area (Å²) in [5.41, 5.74) is 14.5. The summed E-state index contributed by atoms with van der Waals surface area (Å²) in [4.78, 5) is 48.1. The molecule has 0 fully saturated rings. The quantitative estimate of drug-likeness (QED) is 0.166. The van der Waals surface area contributed by atoms with Crippen molar-refractivity contribution in [3.8, 4) is 0 Å². The van der Waals surface area contributed by atoms with Crippen LogP contribution in [-0.4, -0.2) is 87.7 Å². The van der Waals surface area contributed by atoms with E-state index >= 15 is 0 Å². The van der Waals surface area contributed by atoms with Crippen molar-refractivity contribution in [3.63, 3.8) is 0 Å². The van der Waals surface area contributed by atoms with E-state index in [1.54, 1.807) is 25.0 Å². The number of aromatic nitrogens is 7. The minimum atomic E-state index is 0.225. The van der Waals surface area contributed by atoms with E-state index in [9.17, 15) is 0 Å². The molecule has 480 valence electrons. The Balaban J connectivity index is 0.000000544. The summed E-state index contributed by atoms with van der Waals surface area (Å²) < 4.78 is 0. The molecule has 88 heavy (non-hydrogen) atoms. The van der Waals surface area contributed by atoms with Crippen molar-refractivity contribution in [1.82, 2.24) is 34.9 Å². The second kappa shape index (κ2) is 40.9. The lowest BCUT2D eigenvalue weighted by molar-refractivity contribution is 0.726. The van der Waals surface area contributed by atoms with Crippen molar-refractivity contribution >= 4 is 68.8 Å². The van der Waals surface area contributed by atoms with Gasteiger partial charge in [-0.3, -0.25) is 4.98 Å². The Kier molecular flexibility index (Phi) is 36.1. The van der Waals surface area contributed by atoms with E-state index in [0.717, 1.165) is 34.6 Å². The van der Waals surface area contributed by atoms with Gasteiger partial charge in [0.05, 0.1) is 30.0 Å². The highest BCUT2D eigenvalue weighted by molar-refractivity contribution is 5.85. The number of anilines is 12. The molecule has 0 N–H and O–H groups in total. The molecule has 0 bridgehead atoms. The molecule has 0 radical (unpaired) electrons. The van der Waals surface area contributed by atoms with Crippen molar-refractivity contribution in [1.29, 1.82) is 0 Å². The van der Waals surface area contributed by atoms with Gasteiger partial charge in [-0.2, -0.15) is 0 Å². The van der Waals surface area contributed by atoms with Gasteiger partial charge in [0.1, 0.15) is 48.7 Å². The van der Waals surface area contributed by atoms with Crippen LogP contribution in [0.4, 0.5) is 68.8 Å². The van der Waals surface area contributed by atoms with Gasteiger partial charge < -0.3 is 39.2 Å². The maximum atomic E-state index is 4.48. The molecular weight excluding hydrogens is 1090 g/mol. The van der Waals surface area contributed by atoms with Crippen molar-refractivity contribution in [2.24, 2.45) is 0 Å². The lowest BCUT2D eigenvalue weighted by Gasteiger charge is -2.28. The molecule has 8 heterocycles. The molecule has 0 saturated carbocycles. The van der Waals surface area contributed by atoms with Crippen LogP contribution in [0.15, 0.2) is 153 Å². The largest absolute Gasteiger partial charge is 0.352 e. The maximum Gasteiger partial charge on any atom is 0.178 e. The van der Waals surface area contributed by atoms with Crippen LogP contribution in [0.2, 0.25) is 0 Å². The fourth-order valence-corrected chi connectivity index (χ4v) is 9.95. The summed E-state index contributed by atoms with van der Waals surface area (Å²) in [6.07, 6.45) is 15.3. The average molecular weight is 1200 g/mol. The molecule has 15 nitrogen and oxygen atoms in total. The zero-order valence-electron chi connectivity index (χ0n) is 59.5. The highest BCUT2D eigenvalue weighted by Gasteiger charge is 2.37. The van der Waals surface area contributed by atoms with Crippen LogP contribution >= 0.6 is 0 Å². The molecule has 0 spiro atoms. The number of benzene rings is 4. The van der Waals surface area contributed by atoms with Gasteiger partial charge in [-0.05, 0) is 108 Å². The van der Waals surface area contributed by atoms with Crippen LogP contribution in [0.3, 0.4) is 0 Å². The zero-order valence-corrected chi connectivity index (χ0v) is 59.5. The van der Waals surface area contributed by atoms with Crippen LogP contribution in [0.25, 0.3) is 0 Å². The molecule has 0 saturated heterocycles. The first-order valence-electron chi connectivity index (χ1n) is 32.5. The van der Waals surface area contributed by atoms with Crippen molar-refractivity contribution in [2.45, 2.75) is 191 Å². The van der Waals surface area contributed by atoms with Gasteiger partial charge in [0, 0.05) is 69.5 Å². The number of hydrogen-bond acceptors (Lipinski definition) is 15. The van der Waals surface area contributed by atoms with Gasteiger partial charge >= 0.3 is 0 Å². The number of para-hydroxylation sites is 4. The van der Waals surface area contributed by atoms with Gasteiger partial charge in [-0.1, -0.05) is 184 Å². The van der Waals surface area contributed by atoms with Crippen LogP contribution in [0, 0.1) is 27.7 Å². The standard InChI is InChI=1S/C15H17N3.3C14H16N4.8C2H6/c1-11-6-4-5-7-13(11)18-12(2)17(3)14-8-9-16-10-15(14)18;1-10-6-4-5-7-12(10)18-11(2)17(3)14-13(18)8-15-9-16-14;1-10-6-4-5-7-12(10)18-11(2)17(3)13-8-15-9-16-14(13)18;1-10-6-4-5-7-12(10)18-11(2)17(3)13-14(18)16-9-8-15-13;8*1-2/h4-10,12H,1-3H3;3*4-9,11H,1-3H3;8*1-2H3/t12-;3*11-;;;;;;;;/m0000......../s1. The predicted octanol–water partition coefficient (Wildman–Crippen LogP) is 19.7. The highest BCUT2D eigenvalue weighted by atomic mass is 15.5. The Morgan fingerprint density at radius 2 is 0.568 bits per heavy atom. The smallest absolute Gasteiger partial charge is 0.178 e. The van der Waals surface area contributed by atoms with E-state index in [1.807, 2.05) is 136 Å². The molecule has 12 rings (SSSR count). The number of hydrogen-bond donors (Lipinski definition) is 0. The fraction of sp³-hybridized carbons (Fsp3) is 0.438. The normalized spacial score (nSPS) is 15.3. The van der Waals surface area contributed by atoms with E-state index in [-0.39, 0.29) is 18.5 Å². The van der Waals surface area contributed by atoms with Crippen LogP contribution in [0.5, 0.6) is 0 Å². The lowest BCUT2D eigenvalue weighted by atomic mass is 10.1. The zero-order chi connectivity index (χ0) is 66.8. The third kappa shape index (κ3) is 17.9. The SMILES string of the molecule is CC.CC.CC.CC.CC.CC.CC.CC.Cc1ccccc1N1c2cnccc2N(C)[C@@H]1C.Cc1ccccc1N1c2cncnc2N(C)[C@@H]1C.Cc1ccccc1N1c2nccnc2N(C)[C@@H]1C.Cc1ccccc1N1c2ncncc2N(C)[C@@H]1C. The molecule has 0 unspecified atom stereocenters. The van der Waals surface area contributed by atoms with Gasteiger partial charge in [-0.15, -0.1) is 0 Å². The first-order chi connectivity index (χ1) is 42.8. The number of aryl methyl sites for hydroxylation is 4. The molecule has 4 aromatic heterocycles. The second-order valence-corrected chi connectivity index (χ2v) is 18.6. The maximum absolute atomic E-state index is 4.48. The Morgan fingerprint density at radius 1 is 0.261 bits per heavy atom. The van der Waals surface area contributed by atoms with E-state index in [4.69, 9.17) is 0 Å². The van der Waals surface area contributed by atoms with E-state index < -0.39 is 0 Å². The fourth-order valence-electron chi connectivity index (χ4n) is 9.95. The van der Waals surface area contributed by atoms with Crippen molar-refractivity contribution in [3.05, 3.63) is 175 Å². The summed E-state index contributed by atoms with van der Waals surface area (Å²) in [5.74, 6) is 3.84. The van der Waals surface area contributed by atoms with Crippen molar-refractivity contribution < 1.29 is 0 Å². The van der Waals surface area contributed by atoms with E-state index in [2.05, 4.69) is 261 Å². The minimum absolute atomic E-state index is 0.225. The summed E-state index contributed by atoms with van der Waals surface area (Å²) >= 11 is 0. The molecule has 8 aromatic rings. The first-order valence-corrected chi connectivity index (χ1v) is 32.5. The van der Waals surface area contributed by atoms with Crippen LogP contribution < -0.4 is 39.2 Å². The summed E-state index contributed by atoms with van der Waals surface area (Å²) in [6, 6.07) is 35.7. The number of rotatable bonds is 4. The summed E-state index contributed by atoms with van der Waals surface area (Å²) in [6.45, 7) is 49.3. The number of pyridine rings is 1. The monoisotopic (exact) mass is 1200 g/mol. The minimum Gasteiger partial charge on any atom is -0.352 e. The molecule has 4 aromatic carbocycles. The van der Waals surface area contributed by atoms with Gasteiger partial charge in [0.15, 0.2) is 23.3 Å². The summed E-state index contributed by atoms with van der Waals surface area (Å²) in [5, 5.41) is 0. The molecule has 15 heteroatoms. The van der Waals surface area contributed by atoms with Gasteiger partial charge in [0.2, 0.25) is 0 Å². The average Bonchev–Trinajstić information content (AvgIpc) is 2.26. The molecule has 4 aliphatic rings. The van der Waals surface area contributed by atoms with E-state index in [0.29, 0.717) is 6.17 Å². The lowest BCUT2D eigenvalue weighted by Crippen LogP contribution is -2.36. The predicted molar refractivity (Wildman–Crippen MR) is 386 cm³/mol. The third-order valence-corrected chi connectivity index (χ3v) is 14.4. The Morgan fingerprint density at radius 3 is 1.01 bits per heavy atom. The van der Waals surface area contributed by atoms with E-state index in [1.165, 1.54) is 56.4 Å². The number of nitrogens with zero attached hydrogens (tertiary/aromatic N) is 15. The van der Waals surface area contributed by atoms with Gasteiger partial charge in [0.25, 0.3) is 0 Å². The van der Waals surface area contributed by atoms with Crippen LogP contribution in [-0.2, 0) is 0 Å². The molecule has 0 amide bonds. The third-order valence-electron chi connectivity index (χ3n) is 14.4. The summed E-state index contributed by atoms with van der Waals surface area (Å²) in [7, 11) is 8.32. The number of fused-ring (bicyclic) bond motifs is 4. The van der Waals surface area contributed by atoms with Gasteiger partial charge in [-0.25, -0.2) is 29.9 Å². The molecule has 0 aliphatic carbocycles. The highest BCUT2D eigenvalue weighted by Crippen LogP contribution is 2.46. The Hall–Kier alpha value is -8.33. The Bertz CT molecular complexity index is 2750. The first kappa shape index (κ1) is 77.7. The second-order valence-electron chi connectivity index (χ2n) is 18.6. The molecule has 4 aliphatic heterocycles. The topological polar surface area (TPSA) is 116 Å². The van der Waals surface area contributed by atoms with Crippen LogP contribution in [0.1, 0.15) is 161 Å².